The summed E-state index contributed by atoms with van der Waals surface area (Å²) >= 11 is 1.95. The fourth-order valence-electron chi connectivity index (χ4n) is 3.03. The van der Waals surface area contributed by atoms with Crippen molar-refractivity contribution in [1.82, 2.24) is 0 Å². The molecule has 0 heterocycles. The van der Waals surface area contributed by atoms with E-state index in [-0.39, 0.29) is 23.5 Å². The number of aryl methyl sites for hydroxylation is 1. The number of hydrogen-bond acceptors (Lipinski definition) is 4. The van der Waals surface area contributed by atoms with Gasteiger partial charge >= 0.3 is 12.4 Å². The molecule has 0 saturated carbocycles. The predicted octanol–water partition coefficient (Wildman–Crippen LogP) is 6.85. The quantitative estimate of drug-likeness (QED) is 0.197. The van der Waals surface area contributed by atoms with Gasteiger partial charge in [-0.05, 0) is 64.9 Å². The molecule has 0 aliphatic rings. The van der Waals surface area contributed by atoms with E-state index in [9.17, 15) is 26.3 Å². The largest absolute Gasteiger partial charge is 0.457 e. The van der Waals surface area contributed by atoms with Crippen LogP contribution < -0.4 is 4.74 Å². The zero-order valence-electron chi connectivity index (χ0n) is 16.9. The molecule has 0 aromatic heterocycles. The van der Waals surface area contributed by atoms with Gasteiger partial charge in [0.1, 0.15) is 24.4 Å². The molecule has 4 nitrogen and oxygen atoms in total. The van der Waals surface area contributed by atoms with Crippen molar-refractivity contribution in [2.45, 2.75) is 37.7 Å². The summed E-state index contributed by atoms with van der Waals surface area (Å²) in [6.45, 7) is 0.497. The van der Waals surface area contributed by atoms with Gasteiger partial charge in [-0.3, -0.25) is 0 Å². The molecule has 0 aliphatic carbocycles. The number of hydrogen-bond donors (Lipinski definition) is 0. The second-order valence-electron chi connectivity index (χ2n) is 6.66. The van der Waals surface area contributed by atoms with Crippen LogP contribution in [0.1, 0.15) is 30.0 Å². The van der Waals surface area contributed by atoms with E-state index in [1.54, 1.807) is 19.1 Å². The molecule has 2 aromatic rings. The number of halogens is 7. The first-order valence-corrected chi connectivity index (χ1v) is 10.3. The highest BCUT2D eigenvalue weighted by molar-refractivity contribution is 14.1. The van der Waals surface area contributed by atoms with Crippen molar-refractivity contribution >= 4 is 22.6 Å². The molecule has 0 radical (unpaired) electrons. The monoisotopic (exact) mass is 573 g/mol. The van der Waals surface area contributed by atoms with Crippen LogP contribution in [0.4, 0.5) is 26.3 Å². The van der Waals surface area contributed by atoms with E-state index in [1.165, 1.54) is 6.07 Å². The van der Waals surface area contributed by atoms with Crippen LogP contribution >= 0.6 is 22.6 Å². The molecular formula is C21H18F6INO3. The fourth-order valence-corrected chi connectivity index (χ4v) is 3.48. The van der Waals surface area contributed by atoms with Gasteiger partial charge in [-0.25, -0.2) is 0 Å². The van der Waals surface area contributed by atoms with E-state index >= 15 is 0 Å². The van der Waals surface area contributed by atoms with E-state index in [2.05, 4.69) is 9.47 Å². The minimum atomic E-state index is -5.81. The van der Waals surface area contributed by atoms with Crippen LogP contribution in [0.15, 0.2) is 36.4 Å². The summed E-state index contributed by atoms with van der Waals surface area (Å²) in [5.74, 6) is 0.297. The second-order valence-corrected chi connectivity index (χ2v) is 7.82. The minimum absolute atomic E-state index is 0.0747. The van der Waals surface area contributed by atoms with E-state index in [0.717, 1.165) is 19.2 Å². The van der Waals surface area contributed by atoms with Gasteiger partial charge in [0.25, 0.3) is 5.60 Å². The summed E-state index contributed by atoms with van der Waals surface area (Å²) in [7, 11) is 0.924. The van der Waals surface area contributed by atoms with Crippen molar-refractivity contribution < 1.29 is 40.6 Å². The SMILES string of the molecule is CCCc1cc(C(OCOC)(C(F)(F)F)C(F)(F)F)ccc1Oc1ccc(I)c(C#N)c1. The van der Waals surface area contributed by atoms with Gasteiger partial charge in [0.2, 0.25) is 0 Å². The number of nitriles is 1. The zero-order valence-corrected chi connectivity index (χ0v) is 19.1. The summed E-state index contributed by atoms with van der Waals surface area (Å²) in [6, 6.07) is 9.06. The Morgan fingerprint density at radius 1 is 1.00 bits per heavy atom. The average molecular weight is 573 g/mol. The highest BCUT2D eigenvalue weighted by atomic mass is 127. The zero-order chi connectivity index (χ0) is 24.2. The van der Waals surface area contributed by atoms with Crippen molar-refractivity contribution in [1.29, 1.82) is 5.26 Å². The molecule has 174 valence electrons. The number of benzene rings is 2. The maximum atomic E-state index is 13.8. The number of rotatable bonds is 8. The second kappa shape index (κ2) is 10.3. The lowest BCUT2D eigenvalue weighted by atomic mass is 9.89. The molecule has 0 fully saturated rings. The lowest BCUT2D eigenvalue weighted by Gasteiger charge is -2.37. The first-order chi connectivity index (χ1) is 14.9. The first kappa shape index (κ1) is 26.2. The summed E-state index contributed by atoms with van der Waals surface area (Å²) < 4.78 is 97.8. The predicted molar refractivity (Wildman–Crippen MR) is 111 cm³/mol. The summed E-state index contributed by atoms with van der Waals surface area (Å²) in [5, 5.41) is 9.15. The molecule has 32 heavy (non-hydrogen) atoms. The maximum Gasteiger partial charge on any atom is 0.430 e. The van der Waals surface area contributed by atoms with Gasteiger partial charge < -0.3 is 14.2 Å². The summed E-state index contributed by atoms with van der Waals surface area (Å²) in [4.78, 5) is 0. The molecule has 0 N–H and O–H groups in total. The third-order valence-electron chi connectivity index (χ3n) is 4.46. The third kappa shape index (κ3) is 5.29. The van der Waals surface area contributed by atoms with Crippen molar-refractivity contribution in [2.75, 3.05) is 13.9 Å². The van der Waals surface area contributed by atoms with E-state index < -0.39 is 30.3 Å². The Kier molecular flexibility index (Phi) is 8.41. The highest BCUT2D eigenvalue weighted by Crippen LogP contribution is 2.53. The Morgan fingerprint density at radius 3 is 2.19 bits per heavy atom. The lowest BCUT2D eigenvalue weighted by molar-refractivity contribution is -0.400. The molecule has 0 atom stereocenters. The molecule has 2 rings (SSSR count). The Hall–Kier alpha value is -2.04. The minimum Gasteiger partial charge on any atom is -0.457 e. The molecule has 0 amide bonds. The van der Waals surface area contributed by atoms with Gasteiger partial charge in [0.15, 0.2) is 0 Å². The van der Waals surface area contributed by atoms with Crippen molar-refractivity contribution in [3.8, 4) is 17.6 Å². The van der Waals surface area contributed by atoms with Gasteiger partial charge in [-0.1, -0.05) is 19.4 Å². The first-order valence-electron chi connectivity index (χ1n) is 9.18. The number of ether oxygens (including phenoxy) is 3. The van der Waals surface area contributed by atoms with Crippen molar-refractivity contribution in [3.05, 3.63) is 56.7 Å². The Morgan fingerprint density at radius 2 is 1.66 bits per heavy atom. The molecule has 0 saturated heterocycles. The molecule has 0 aliphatic heterocycles. The number of alkyl halides is 6. The fraction of sp³-hybridized carbons (Fsp3) is 0.381. The Bertz CT molecular complexity index is 971. The van der Waals surface area contributed by atoms with Gasteiger partial charge in [-0.15, -0.1) is 0 Å². The van der Waals surface area contributed by atoms with Crippen LogP contribution in [0.5, 0.6) is 11.5 Å². The topological polar surface area (TPSA) is 51.5 Å². The number of nitrogens with zero attached hydrogens (tertiary/aromatic N) is 1. The van der Waals surface area contributed by atoms with Crippen LogP contribution in [0.3, 0.4) is 0 Å². The number of methoxy groups -OCH3 is 1. The van der Waals surface area contributed by atoms with E-state index in [0.29, 0.717) is 21.6 Å². The van der Waals surface area contributed by atoms with Crippen LogP contribution in [0, 0.1) is 14.9 Å². The van der Waals surface area contributed by atoms with Gasteiger partial charge in [-0.2, -0.15) is 31.6 Å². The molecule has 0 spiro atoms. The van der Waals surface area contributed by atoms with Crippen molar-refractivity contribution in [2.24, 2.45) is 0 Å². The molecule has 2 aromatic carbocycles. The standard InChI is InChI=1S/C21H18F6INO3/c1-3-4-13-9-15(19(20(22,23)24,21(25,26)27)31-12-30-2)5-8-18(13)32-16-6-7-17(28)14(10-16)11-29/h5-10H,3-4,12H2,1-2H3. The summed E-state index contributed by atoms with van der Waals surface area (Å²) in [6.07, 6.45) is -11.0. The maximum absolute atomic E-state index is 13.8. The Balaban J connectivity index is 2.62. The van der Waals surface area contributed by atoms with Crippen molar-refractivity contribution in [3.63, 3.8) is 0 Å². The molecule has 11 heteroatoms. The molecule has 0 bridgehead atoms. The van der Waals surface area contributed by atoms with Gasteiger partial charge in [0.05, 0.1) is 5.56 Å². The molecular weight excluding hydrogens is 555 g/mol. The average Bonchev–Trinajstić information content (AvgIpc) is 2.69. The van der Waals surface area contributed by atoms with Crippen LogP contribution in [-0.2, 0) is 21.5 Å². The van der Waals surface area contributed by atoms with Gasteiger partial charge in [0, 0.05) is 16.2 Å². The Labute approximate surface area is 194 Å². The van der Waals surface area contributed by atoms with Crippen LogP contribution in [0.2, 0.25) is 0 Å². The molecule has 0 unspecified atom stereocenters. The lowest BCUT2D eigenvalue weighted by Crippen LogP contribution is -2.56. The van der Waals surface area contributed by atoms with E-state index in [4.69, 9.17) is 10.00 Å². The normalized spacial score (nSPS) is 12.5. The van der Waals surface area contributed by atoms with Crippen LogP contribution in [0.25, 0.3) is 0 Å². The van der Waals surface area contributed by atoms with E-state index in [1.807, 2.05) is 28.7 Å². The smallest absolute Gasteiger partial charge is 0.430 e. The summed E-state index contributed by atoms with van der Waals surface area (Å²) in [5.41, 5.74) is -5.27. The highest BCUT2D eigenvalue weighted by Gasteiger charge is 2.73. The third-order valence-corrected chi connectivity index (χ3v) is 5.40. The van der Waals surface area contributed by atoms with Crippen LogP contribution in [-0.4, -0.2) is 26.3 Å².